The predicted molar refractivity (Wildman–Crippen MR) is 59.1 cm³/mol. The summed E-state index contributed by atoms with van der Waals surface area (Å²) in [5, 5.41) is 10.7. The highest BCUT2D eigenvalue weighted by Crippen LogP contribution is 2.03. The van der Waals surface area contributed by atoms with E-state index in [1.165, 1.54) is 12.1 Å². The largest absolute Gasteiger partial charge is 0.481 e. The predicted octanol–water partition coefficient (Wildman–Crippen LogP) is -0.116. The minimum atomic E-state index is -1.31. The summed E-state index contributed by atoms with van der Waals surface area (Å²) in [6.45, 7) is 0. The average molecular weight is 254 g/mol. The highest BCUT2D eigenvalue weighted by molar-refractivity contribution is 5.98. The van der Waals surface area contributed by atoms with E-state index in [0.29, 0.717) is 0 Å². The van der Waals surface area contributed by atoms with E-state index in [0.717, 1.165) is 12.1 Å². The lowest BCUT2D eigenvalue weighted by Gasteiger charge is -2.13. The number of nitrogens with two attached hydrogens (primary N) is 1. The number of amides is 2. The fraction of sp³-hybridized carbons (Fsp3) is 0.182. The van der Waals surface area contributed by atoms with Crippen molar-refractivity contribution in [1.82, 2.24) is 5.32 Å². The van der Waals surface area contributed by atoms with Gasteiger partial charge in [0.1, 0.15) is 11.9 Å². The van der Waals surface area contributed by atoms with Gasteiger partial charge in [-0.1, -0.05) is 0 Å². The molecule has 6 nitrogen and oxygen atoms in total. The average Bonchev–Trinajstić information content (AvgIpc) is 2.28. The number of primary amides is 1. The lowest BCUT2D eigenvalue weighted by atomic mass is 10.1. The number of carbonyl (C=O) groups is 3. The van der Waals surface area contributed by atoms with E-state index < -0.39 is 36.1 Å². The van der Waals surface area contributed by atoms with Crippen LogP contribution in [0.15, 0.2) is 24.3 Å². The Morgan fingerprint density at radius 2 is 1.83 bits per heavy atom. The molecule has 0 aliphatic heterocycles. The van der Waals surface area contributed by atoms with Crippen LogP contribution in [-0.4, -0.2) is 28.9 Å². The molecular weight excluding hydrogens is 243 g/mol. The number of rotatable bonds is 5. The number of aliphatic carboxylic acids is 1. The van der Waals surface area contributed by atoms with Crippen LogP contribution in [0.2, 0.25) is 0 Å². The van der Waals surface area contributed by atoms with Crippen molar-refractivity contribution >= 4 is 17.8 Å². The molecule has 18 heavy (non-hydrogen) atoms. The maximum absolute atomic E-state index is 12.6. The number of halogens is 1. The zero-order chi connectivity index (χ0) is 13.7. The summed E-state index contributed by atoms with van der Waals surface area (Å²) in [5.74, 6) is -3.42. The third kappa shape index (κ3) is 3.85. The first-order chi connectivity index (χ1) is 8.40. The van der Waals surface area contributed by atoms with Crippen molar-refractivity contribution in [3.8, 4) is 0 Å². The summed E-state index contributed by atoms with van der Waals surface area (Å²) in [7, 11) is 0. The first-order valence-corrected chi connectivity index (χ1v) is 4.97. The Bertz CT molecular complexity index is 472. The molecule has 0 fully saturated rings. The first-order valence-electron chi connectivity index (χ1n) is 4.97. The first kappa shape index (κ1) is 13.6. The SMILES string of the molecule is NC(=O)[C@H](CC(=O)O)NC(=O)c1ccc(F)cc1. The molecule has 0 spiro atoms. The molecule has 0 heterocycles. The summed E-state index contributed by atoms with van der Waals surface area (Å²) in [6.07, 6.45) is -0.609. The molecule has 1 atom stereocenters. The van der Waals surface area contributed by atoms with Crippen LogP contribution in [0.25, 0.3) is 0 Å². The molecule has 1 rings (SSSR count). The fourth-order valence-electron chi connectivity index (χ4n) is 1.24. The smallest absolute Gasteiger partial charge is 0.305 e. The molecule has 0 aliphatic rings. The number of carbonyl (C=O) groups excluding carboxylic acids is 2. The van der Waals surface area contributed by atoms with Gasteiger partial charge in [0.25, 0.3) is 5.91 Å². The van der Waals surface area contributed by atoms with E-state index in [9.17, 15) is 18.8 Å². The highest BCUT2D eigenvalue weighted by atomic mass is 19.1. The number of benzene rings is 1. The minimum absolute atomic E-state index is 0.105. The van der Waals surface area contributed by atoms with Crippen molar-refractivity contribution in [2.45, 2.75) is 12.5 Å². The summed E-state index contributed by atoms with van der Waals surface area (Å²) >= 11 is 0. The monoisotopic (exact) mass is 254 g/mol. The van der Waals surface area contributed by atoms with Crippen LogP contribution in [-0.2, 0) is 9.59 Å². The van der Waals surface area contributed by atoms with Crippen LogP contribution in [0.4, 0.5) is 4.39 Å². The number of carboxylic acid groups (broad SMARTS) is 1. The minimum Gasteiger partial charge on any atom is -0.481 e. The molecule has 96 valence electrons. The second kappa shape index (κ2) is 5.76. The lowest BCUT2D eigenvalue weighted by Crippen LogP contribution is -2.45. The van der Waals surface area contributed by atoms with Gasteiger partial charge in [0.2, 0.25) is 5.91 Å². The van der Waals surface area contributed by atoms with E-state index in [1.807, 2.05) is 0 Å². The summed E-state index contributed by atoms with van der Waals surface area (Å²) < 4.78 is 12.6. The van der Waals surface area contributed by atoms with Crippen LogP contribution < -0.4 is 11.1 Å². The van der Waals surface area contributed by atoms with Gasteiger partial charge in [-0.3, -0.25) is 14.4 Å². The highest BCUT2D eigenvalue weighted by Gasteiger charge is 2.21. The molecule has 0 aliphatic carbocycles. The van der Waals surface area contributed by atoms with E-state index in [2.05, 4.69) is 5.32 Å². The summed E-state index contributed by atoms with van der Waals surface area (Å²) in [4.78, 5) is 33.0. The number of hydrogen-bond donors (Lipinski definition) is 3. The van der Waals surface area contributed by atoms with E-state index in [1.54, 1.807) is 0 Å². The van der Waals surface area contributed by atoms with Gasteiger partial charge in [-0.05, 0) is 24.3 Å². The molecule has 4 N–H and O–H groups in total. The molecule has 1 aromatic rings. The molecule has 0 saturated heterocycles. The molecule has 0 saturated carbocycles. The van der Waals surface area contributed by atoms with Gasteiger partial charge in [0, 0.05) is 5.56 Å². The Morgan fingerprint density at radius 1 is 1.28 bits per heavy atom. The Labute approximate surface area is 102 Å². The molecule has 0 aromatic heterocycles. The summed E-state index contributed by atoms with van der Waals surface area (Å²) in [5.41, 5.74) is 5.06. The third-order valence-electron chi connectivity index (χ3n) is 2.13. The van der Waals surface area contributed by atoms with Gasteiger partial charge >= 0.3 is 5.97 Å². The zero-order valence-corrected chi connectivity index (χ0v) is 9.22. The van der Waals surface area contributed by atoms with Crippen LogP contribution in [0, 0.1) is 5.82 Å². The van der Waals surface area contributed by atoms with Gasteiger partial charge in [-0.25, -0.2) is 4.39 Å². The van der Waals surface area contributed by atoms with Gasteiger partial charge in [0.15, 0.2) is 0 Å². The van der Waals surface area contributed by atoms with Crippen molar-refractivity contribution < 1.29 is 23.9 Å². The van der Waals surface area contributed by atoms with Gasteiger partial charge in [-0.15, -0.1) is 0 Å². The summed E-state index contributed by atoms with van der Waals surface area (Å²) in [6, 6.07) is 3.27. The van der Waals surface area contributed by atoms with E-state index >= 15 is 0 Å². The van der Waals surface area contributed by atoms with Crippen LogP contribution in [0.5, 0.6) is 0 Å². The van der Waals surface area contributed by atoms with Gasteiger partial charge in [0.05, 0.1) is 6.42 Å². The fourth-order valence-corrected chi connectivity index (χ4v) is 1.24. The van der Waals surface area contributed by atoms with E-state index in [-0.39, 0.29) is 5.56 Å². The van der Waals surface area contributed by atoms with Crippen LogP contribution in [0.1, 0.15) is 16.8 Å². The van der Waals surface area contributed by atoms with Gasteiger partial charge in [-0.2, -0.15) is 0 Å². The Hall–Kier alpha value is -2.44. The van der Waals surface area contributed by atoms with Crippen molar-refractivity contribution in [1.29, 1.82) is 0 Å². The molecule has 0 unspecified atom stereocenters. The molecular formula is C11H11FN2O4. The molecule has 1 aromatic carbocycles. The Kier molecular flexibility index (Phi) is 4.36. The Balaban J connectivity index is 2.75. The second-order valence-electron chi connectivity index (χ2n) is 3.53. The molecule has 0 bridgehead atoms. The second-order valence-corrected chi connectivity index (χ2v) is 3.53. The quantitative estimate of drug-likeness (QED) is 0.680. The maximum Gasteiger partial charge on any atom is 0.305 e. The van der Waals surface area contributed by atoms with Crippen molar-refractivity contribution in [3.05, 3.63) is 35.6 Å². The third-order valence-corrected chi connectivity index (χ3v) is 2.13. The number of hydrogen-bond acceptors (Lipinski definition) is 3. The van der Waals surface area contributed by atoms with Crippen molar-refractivity contribution in [2.24, 2.45) is 5.73 Å². The maximum atomic E-state index is 12.6. The topological polar surface area (TPSA) is 109 Å². The molecule has 7 heteroatoms. The van der Waals surface area contributed by atoms with E-state index in [4.69, 9.17) is 10.8 Å². The van der Waals surface area contributed by atoms with Crippen LogP contribution >= 0.6 is 0 Å². The normalized spacial score (nSPS) is 11.6. The molecule has 0 radical (unpaired) electrons. The lowest BCUT2D eigenvalue weighted by molar-refractivity contribution is -0.139. The molecule has 2 amide bonds. The van der Waals surface area contributed by atoms with Crippen LogP contribution in [0.3, 0.4) is 0 Å². The Morgan fingerprint density at radius 3 is 2.28 bits per heavy atom. The standard InChI is InChI=1S/C11H11FN2O4/c12-7-3-1-6(2-4-7)11(18)14-8(10(13)17)5-9(15)16/h1-4,8H,5H2,(H2,13,17)(H,14,18)(H,15,16)/t8-/m0/s1. The number of nitrogens with one attached hydrogen (secondary N) is 1. The number of carboxylic acids is 1. The van der Waals surface area contributed by atoms with Gasteiger partial charge < -0.3 is 16.2 Å². The van der Waals surface area contributed by atoms with Crippen molar-refractivity contribution in [2.75, 3.05) is 0 Å². The zero-order valence-electron chi connectivity index (χ0n) is 9.22. The van der Waals surface area contributed by atoms with Crippen molar-refractivity contribution in [3.63, 3.8) is 0 Å².